The number of aromatic amines is 1. The van der Waals surface area contributed by atoms with Gasteiger partial charge in [-0.15, -0.1) is 0 Å². The van der Waals surface area contributed by atoms with Gasteiger partial charge < -0.3 is 4.57 Å². The van der Waals surface area contributed by atoms with Crippen molar-refractivity contribution in [3.05, 3.63) is 10.6 Å². The molecule has 1 N–H and O–H groups in total. The number of hydrogen-bond acceptors (Lipinski definition) is 3. The summed E-state index contributed by atoms with van der Waals surface area (Å²) in [6, 6.07) is 0. The van der Waals surface area contributed by atoms with E-state index < -0.39 is 0 Å². The highest BCUT2D eigenvalue weighted by Crippen LogP contribution is 2.38. The van der Waals surface area contributed by atoms with Crippen LogP contribution >= 0.6 is 24.0 Å². The summed E-state index contributed by atoms with van der Waals surface area (Å²) in [5.41, 5.74) is 0. The SMILES string of the molecule is CSCCn1c(C2CC2)n[nH]c1=S. The first kappa shape index (κ1) is 9.27. The molecule has 0 unspecified atom stereocenters. The molecule has 13 heavy (non-hydrogen) atoms. The molecule has 1 saturated carbocycles. The lowest BCUT2D eigenvalue weighted by Crippen LogP contribution is -2.04. The molecule has 2 rings (SSSR count). The van der Waals surface area contributed by atoms with Crippen molar-refractivity contribution in [1.82, 2.24) is 14.8 Å². The number of rotatable bonds is 4. The topological polar surface area (TPSA) is 33.6 Å². The molecular formula is C8H13N3S2. The van der Waals surface area contributed by atoms with Gasteiger partial charge in [0.05, 0.1) is 0 Å². The van der Waals surface area contributed by atoms with Crippen molar-refractivity contribution in [2.24, 2.45) is 0 Å². The largest absolute Gasteiger partial charge is 0.303 e. The summed E-state index contributed by atoms with van der Waals surface area (Å²) in [5, 5.41) is 7.14. The Bertz CT molecular complexity index is 337. The van der Waals surface area contributed by atoms with E-state index in [9.17, 15) is 0 Å². The summed E-state index contributed by atoms with van der Waals surface area (Å²) in [4.78, 5) is 0. The number of thioether (sulfide) groups is 1. The van der Waals surface area contributed by atoms with Gasteiger partial charge in [-0.05, 0) is 31.3 Å². The lowest BCUT2D eigenvalue weighted by Gasteiger charge is -2.03. The summed E-state index contributed by atoms with van der Waals surface area (Å²) in [5.74, 6) is 2.95. The van der Waals surface area contributed by atoms with E-state index in [0.717, 1.165) is 17.1 Å². The van der Waals surface area contributed by atoms with Gasteiger partial charge in [-0.3, -0.25) is 5.10 Å². The van der Waals surface area contributed by atoms with Crippen LogP contribution in [0.2, 0.25) is 0 Å². The number of H-pyrrole nitrogens is 1. The molecule has 1 heterocycles. The fraction of sp³-hybridized carbons (Fsp3) is 0.750. The number of hydrogen-bond donors (Lipinski definition) is 1. The zero-order chi connectivity index (χ0) is 9.26. The third-order valence-electron chi connectivity index (χ3n) is 2.25. The van der Waals surface area contributed by atoms with Gasteiger partial charge in [0.15, 0.2) is 4.77 Å². The maximum atomic E-state index is 5.17. The van der Waals surface area contributed by atoms with E-state index in [0.29, 0.717) is 5.92 Å². The Kier molecular flexibility index (Phi) is 2.74. The van der Waals surface area contributed by atoms with E-state index in [2.05, 4.69) is 21.0 Å². The van der Waals surface area contributed by atoms with Crippen LogP contribution in [0.3, 0.4) is 0 Å². The van der Waals surface area contributed by atoms with Crippen molar-refractivity contribution in [3.8, 4) is 0 Å². The molecule has 1 aliphatic carbocycles. The standard InChI is InChI=1S/C8H13N3S2/c1-13-5-4-11-7(6-2-3-6)9-10-8(11)12/h6H,2-5H2,1H3,(H,10,12). The normalized spacial score (nSPS) is 16.4. The van der Waals surface area contributed by atoms with E-state index in [1.807, 2.05) is 11.8 Å². The summed E-state index contributed by atoms with van der Waals surface area (Å²) in [6.07, 6.45) is 4.66. The van der Waals surface area contributed by atoms with Gasteiger partial charge in [0.1, 0.15) is 5.82 Å². The number of nitrogens with zero attached hydrogens (tertiary/aromatic N) is 2. The van der Waals surface area contributed by atoms with Gasteiger partial charge in [0.2, 0.25) is 0 Å². The zero-order valence-corrected chi connectivity index (χ0v) is 9.25. The van der Waals surface area contributed by atoms with Crippen LogP contribution in [-0.2, 0) is 6.54 Å². The summed E-state index contributed by atoms with van der Waals surface area (Å²) < 4.78 is 2.92. The molecule has 3 nitrogen and oxygen atoms in total. The molecule has 1 aromatic rings. The van der Waals surface area contributed by atoms with Crippen molar-refractivity contribution >= 4 is 24.0 Å². The molecule has 0 radical (unpaired) electrons. The minimum absolute atomic E-state index is 0.676. The van der Waals surface area contributed by atoms with E-state index >= 15 is 0 Å². The molecule has 0 saturated heterocycles. The van der Waals surface area contributed by atoms with Crippen LogP contribution in [0.4, 0.5) is 0 Å². The fourth-order valence-electron chi connectivity index (χ4n) is 1.38. The second kappa shape index (κ2) is 3.84. The van der Waals surface area contributed by atoms with Gasteiger partial charge in [0.25, 0.3) is 0 Å². The second-order valence-electron chi connectivity index (χ2n) is 3.31. The molecule has 0 atom stereocenters. The van der Waals surface area contributed by atoms with Gasteiger partial charge >= 0.3 is 0 Å². The third-order valence-corrected chi connectivity index (χ3v) is 3.15. The average Bonchev–Trinajstić information content (AvgIpc) is 2.89. The Labute approximate surface area is 86.9 Å². The summed E-state index contributed by atoms with van der Waals surface area (Å²) in [6.45, 7) is 0.988. The van der Waals surface area contributed by atoms with Crippen LogP contribution in [0.5, 0.6) is 0 Å². The van der Waals surface area contributed by atoms with Crippen LogP contribution in [0.25, 0.3) is 0 Å². The van der Waals surface area contributed by atoms with Gasteiger partial charge in [-0.1, -0.05) is 0 Å². The molecular weight excluding hydrogens is 202 g/mol. The van der Waals surface area contributed by atoms with Crippen LogP contribution in [-0.4, -0.2) is 26.8 Å². The Hall–Kier alpha value is -0.290. The third kappa shape index (κ3) is 1.96. The highest BCUT2D eigenvalue weighted by molar-refractivity contribution is 7.98. The summed E-state index contributed by atoms with van der Waals surface area (Å²) >= 11 is 7.01. The number of aromatic nitrogens is 3. The van der Waals surface area contributed by atoms with Crippen molar-refractivity contribution in [1.29, 1.82) is 0 Å². The molecule has 1 aromatic heterocycles. The molecule has 5 heteroatoms. The van der Waals surface area contributed by atoms with Crippen molar-refractivity contribution in [2.45, 2.75) is 25.3 Å². The summed E-state index contributed by atoms with van der Waals surface area (Å²) in [7, 11) is 0. The van der Waals surface area contributed by atoms with Gasteiger partial charge in [-0.25, -0.2) is 0 Å². The van der Waals surface area contributed by atoms with Crippen LogP contribution < -0.4 is 0 Å². The van der Waals surface area contributed by atoms with E-state index in [1.54, 1.807) is 0 Å². The Balaban J connectivity index is 2.19. The van der Waals surface area contributed by atoms with Gasteiger partial charge in [0, 0.05) is 18.2 Å². The molecule has 0 amide bonds. The Morgan fingerprint density at radius 3 is 3.08 bits per heavy atom. The van der Waals surface area contributed by atoms with E-state index in [4.69, 9.17) is 12.2 Å². The highest BCUT2D eigenvalue weighted by atomic mass is 32.2. The fourth-order valence-corrected chi connectivity index (χ4v) is 1.98. The predicted molar refractivity (Wildman–Crippen MR) is 57.8 cm³/mol. The first-order valence-corrected chi connectivity index (χ1v) is 6.27. The zero-order valence-electron chi connectivity index (χ0n) is 7.62. The van der Waals surface area contributed by atoms with Gasteiger partial charge in [-0.2, -0.15) is 16.9 Å². The molecule has 1 aliphatic rings. The molecule has 1 fully saturated rings. The number of nitrogens with one attached hydrogen (secondary N) is 1. The maximum absolute atomic E-state index is 5.17. The molecule has 72 valence electrons. The highest BCUT2D eigenvalue weighted by Gasteiger charge is 2.28. The van der Waals surface area contributed by atoms with Crippen molar-refractivity contribution < 1.29 is 0 Å². The predicted octanol–water partition coefficient (Wildman–Crippen LogP) is 2.18. The van der Waals surface area contributed by atoms with Crippen LogP contribution in [0.1, 0.15) is 24.6 Å². The molecule has 0 aliphatic heterocycles. The van der Waals surface area contributed by atoms with Crippen molar-refractivity contribution in [2.75, 3.05) is 12.0 Å². The quantitative estimate of drug-likeness (QED) is 0.782. The molecule has 0 aromatic carbocycles. The Morgan fingerprint density at radius 1 is 1.69 bits per heavy atom. The lowest BCUT2D eigenvalue weighted by atomic mass is 10.4. The van der Waals surface area contributed by atoms with Crippen LogP contribution in [0, 0.1) is 4.77 Å². The lowest BCUT2D eigenvalue weighted by molar-refractivity contribution is 0.699. The molecule has 0 bridgehead atoms. The van der Waals surface area contributed by atoms with E-state index in [-0.39, 0.29) is 0 Å². The Morgan fingerprint density at radius 2 is 2.46 bits per heavy atom. The smallest absolute Gasteiger partial charge is 0.195 e. The van der Waals surface area contributed by atoms with E-state index in [1.165, 1.54) is 18.7 Å². The maximum Gasteiger partial charge on any atom is 0.195 e. The second-order valence-corrected chi connectivity index (χ2v) is 4.68. The van der Waals surface area contributed by atoms with Crippen LogP contribution in [0.15, 0.2) is 0 Å². The van der Waals surface area contributed by atoms with Crippen molar-refractivity contribution in [3.63, 3.8) is 0 Å². The first-order chi connectivity index (χ1) is 6.33. The average molecular weight is 215 g/mol. The molecule has 0 spiro atoms. The first-order valence-electron chi connectivity index (χ1n) is 4.47. The minimum atomic E-state index is 0.676. The monoisotopic (exact) mass is 215 g/mol. The minimum Gasteiger partial charge on any atom is -0.303 e.